The molecule has 1 heterocycles. The van der Waals surface area contributed by atoms with Crippen molar-refractivity contribution in [3.63, 3.8) is 0 Å². The maximum absolute atomic E-state index is 11.6. The number of para-hydroxylation sites is 1. The van der Waals surface area contributed by atoms with Gasteiger partial charge in [-0.05, 0) is 61.4 Å². The Morgan fingerprint density at radius 2 is 1.16 bits per heavy atom. The highest BCUT2D eigenvalue weighted by molar-refractivity contribution is 5.87. The number of hydrogen-bond donors (Lipinski definition) is 1. The van der Waals surface area contributed by atoms with Crippen molar-refractivity contribution in [2.24, 2.45) is 0 Å². The Labute approximate surface area is 250 Å². The molecule has 1 aromatic heterocycles. The molecule has 43 heavy (non-hydrogen) atoms. The largest absolute Gasteiger partial charge is 0.457 e. The summed E-state index contributed by atoms with van der Waals surface area (Å²) in [6, 6.07) is 24.4. The second-order valence-electron chi connectivity index (χ2n) is 9.58. The van der Waals surface area contributed by atoms with Gasteiger partial charge in [-0.1, -0.05) is 55.6 Å². The fraction of sp³-hybridized carbons (Fsp3) is 0.182. The van der Waals surface area contributed by atoms with Gasteiger partial charge < -0.3 is 24.3 Å². The predicted octanol–water partition coefficient (Wildman–Crippen LogP) is 5.71. The van der Waals surface area contributed by atoms with Crippen LogP contribution in [-0.4, -0.2) is 40.5 Å². The first-order valence-corrected chi connectivity index (χ1v) is 13.4. The monoisotopic (exact) mass is 580 g/mol. The minimum absolute atomic E-state index is 0.227. The molecular formula is C33H32N4O6. The topological polar surface area (TPSA) is 122 Å². The van der Waals surface area contributed by atoms with Crippen LogP contribution in [0, 0.1) is 0 Å². The molecule has 0 aliphatic rings. The molecule has 4 rings (SSSR count). The lowest BCUT2D eigenvalue weighted by Gasteiger charge is -2.11. The summed E-state index contributed by atoms with van der Waals surface area (Å²) in [5, 5.41) is 3.25. The number of hydrogen-bond acceptors (Lipinski definition) is 10. The van der Waals surface area contributed by atoms with Crippen LogP contribution < -0.4 is 14.8 Å². The van der Waals surface area contributed by atoms with Gasteiger partial charge in [0.25, 0.3) is 0 Å². The summed E-state index contributed by atoms with van der Waals surface area (Å²) in [4.78, 5) is 37.3. The molecule has 0 atom stereocenters. The summed E-state index contributed by atoms with van der Waals surface area (Å²) in [6.45, 7) is 9.80. The van der Waals surface area contributed by atoms with Gasteiger partial charge in [0.1, 0.15) is 23.1 Å². The van der Waals surface area contributed by atoms with Gasteiger partial charge >= 0.3 is 11.9 Å². The van der Waals surface area contributed by atoms with Crippen LogP contribution in [0.4, 0.5) is 11.6 Å². The van der Waals surface area contributed by atoms with Crippen LogP contribution >= 0.6 is 0 Å². The third-order valence-electron chi connectivity index (χ3n) is 5.81. The smallest absolute Gasteiger partial charge is 0.335 e. The van der Waals surface area contributed by atoms with E-state index < -0.39 is 11.9 Å². The number of anilines is 2. The molecule has 220 valence electrons. The predicted molar refractivity (Wildman–Crippen MR) is 161 cm³/mol. The third-order valence-corrected chi connectivity index (χ3v) is 5.81. The van der Waals surface area contributed by atoms with Gasteiger partial charge in [-0.15, -0.1) is 0 Å². The summed E-state index contributed by atoms with van der Waals surface area (Å²) in [6.07, 6.45) is 0.804. The van der Waals surface area contributed by atoms with E-state index in [1.807, 2.05) is 66.7 Å². The lowest BCUT2D eigenvalue weighted by Crippen LogP contribution is -2.11. The Bertz CT molecular complexity index is 1510. The number of nitrogens with zero attached hydrogens (tertiary/aromatic N) is 3. The molecule has 0 bridgehead atoms. The van der Waals surface area contributed by atoms with Crippen molar-refractivity contribution in [2.75, 3.05) is 18.9 Å². The van der Waals surface area contributed by atoms with E-state index in [-0.39, 0.29) is 13.6 Å². The number of esters is 2. The SMILES string of the molecule is C=C(C)C(=O)OCOc1cccc(Cc2nc(Cc3cccc(OCOC(=O)C(=C)C)c3)nc(Nc3ccccc3)n2)c1. The molecule has 0 amide bonds. The Balaban J connectivity index is 1.51. The first-order chi connectivity index (χ1) is 20.7. The number of ether oxygens (including phenoxy) is 4. The van der Waals surface area contributed by atoms with Gasteiger partial charge in [0.05, 0.1) is 0 Å². The molecule has 0 spiro atoms. The van der Waals surface area contributed by atoms with E-state index in [0.29, 0.717) is 53.1 Å². The average Bonchev–Trinajstić information content (AvgIpc) is 2.98. The van der Waals surface area contributed by atoms with Gasteiger partial charge in [-0.3, -0.25) is 0 Å². The van der Waals surface area contributed by atoms with Crippen LogP contribution in [0.15, 0.2) is 103 Å². The highest BCUT2D eigenvalue weighted by atomic mass is 16.7. The molecule has 3 aromatic carbocycles. The highest BCUT2D eigenvalue weighted by Gasteiger charge is 2.11. The van der Waals surface area contributed by atoms with E-state index >= 15 is 0 Å². The molecule has 0 radical (unpaired) electrons. The van der Waals surface area contributed by atoms with E-state index in [1.54, 1.807) is 26.0 Å². The van der Waals surface area contributed by atoms with E-state index in [0.717, 1.165) is 16.8 Å². The van der Waals surface area contributed by atoms with Crippen molar-refractivity contribution >= 4 is 23.6 Å². The van der Waals surface area contributed by atoms with Gasteiger partial charge in [-0.25, -0.2) is 14.6 Å². The summed E-state index contributed by atoms with van der Waals surface area (Å²) in [5.74, 6) is 1.54. The maximum atomic E-state index is 11.6. The number of carbonyl (C=O) groups is 2. The lowest BCUT2D eigenvalue weighted by molar-refractivity contribution is -0.146. The minimum atomic E-state index is -0.518. The van der Waals surface area contributed by atoms with E-state index in [1.165, 1.54) is 0 Å². The number of aromatic nitrogens is 3. The van der Waals surface area contributed by atoms with Crippen LogP contribution in [0.2, 0.25) is 0 Å². The molecule has 0 saturated carbocycles. The van der Waals surface area contributed by atoms with Gasteiger partial charge in [0, 0.05) is 29.7 Å². The molecular weight excluding hydrogens is 548 g/mol. The van der Waals surface area contributed by atoms with E-state index in [9.17, 15) is 9.59 Å². The number of benzene rings is 3. The van der Waals surface area contributed by atoms with E-state index in [2.05, 4.69) is 28.4 Å². The molecule has 4 aromatic rings. The first kappa shape index (κ1) is 30.4. The second-order valence-corrected chi connectivity index (χ2v) is 9.58. The molecule has 0 saturated heterocycles. The van der Waals surface area contributed by atoms with Gasteiger partial charge in [0.15, 0.2) is 0 Å². The normalized spacial score (nSPS) is 10.4. The first-order valence-electron chi connectivity index (χ1n) is 13.4. The quantitative estimate of drug-likeness (QED) is 0.113. The molecule has 0 unspecified atom stereocenters. The number of rotatable bonds is 14. The zero-order valence-electron chi connectivity index (χ0n) is 24.0. The molecule has 0 fully saturated rings. The van der Waals surface area contributed by atoms with Crippen molar-refractivity contribution in [1.82, 2.24) is 15.0 Å². The molecule has 1 N–H and O–H groups in total. The third kappa shape index (κ3) is 9.82. The Morgan fingerprint density at radius 3 is 1.63 bits per heavy atom. The van der Waals surface area contributed by atoms with Crippen molar-refractivity contribution in [2.45, 2.75) is 26.7 Å². The van der Waals surface area contributed by atoms with Gasteiger partial charge in [0.2, 0.25) is 19.5 Å². The summed E-state index contributed by atoms with van der Waals surface area (Å²) >= 11 is 0. The highest BCUT2D eigenvalue weighted by Crippen LogP contribution is 2.20. The van der Waals surface area contributed by atoms with Crippen LogP contribution in [-0.2, 0) is 31.9 Å². The summed E-state index contributed by atoms with van der Waals surface area (Å²) in [7, 11) is 0. The second kappa shape index (κ2) is 14.9. The fourth-order valence-electron chi connectivity index (χ4n) is 3.74. The standard InChI is InChI=1S/C33H32N4O6/c1-22(2)31(38)42-20-40-27-14-8-10-24(16-27)18-29-35-30(37-33(36-29)34-26-12-6-5-7-13-26)19-25-11-9-15-28(17-25)41-21-43-32(39)23(3)4/h5-17H,1,3,18-21H2,2,4H3,(H,34,35,36,37). The van der Waals surface area contributed by atoms with Crippen LogP contribution in [0.5, 0.6) is 11.5 Å². The zero-order valence-corrected chi connectivity index (χ0v) is 24.0. The Kier molecular flexibility index (Phi) is 10.6. The number of nitrogens with one attached hydrogen (secondary N) is 1. The Hall–Kier alpha value is -5.51. The van der Waals surface area contributed by atoms with Crippen LogP contribution in [0.25, 0.3) is 0 Å². The average molecular weight is 581 g/mol. The van der Waals surface area contributed by atoms with Crippen molar-refractivity contribution < 1.29 is 28.5 Å². The zero-order chi connectivity index (χ0) is 30.6. The molecule has 0 aliphatic heterocycles. The fourth-order valence-corrected chi connectivity index (χ4v) is 3.74. The lowest BCUT2D eigenvalue weighted by atomic mass is 10.1. The molecule has 10 nitrogen and oxygen atoms in total. The summed E-state index contributed by atoms with van der Waals surface area (Å²) < 4.78 is 21.2. The number of carbonyl (C=O) groups excluding carboxylic acids is 2. The Morgan fingerprint density at radius 1 is 0.674 bits per heavy atom. The van der Waals surface area contributed by atoms with Crippen LogP contribution in [0.1, 0.15) is 36.6 Å². The summed E-state index contributed by atoms with van der Waals surface area (Å²) in [5.41, 5.74) is 3.22. The minimum Gasteiger partial charge on any atom is -0.457 e. The van der Waals surface area contributed by atoms with Gasteiger partial charge in [-0.2, -0.15) is 9.97 Å². The molecule has 0 aliphatic carbocycles. The van der Waals surface area contributed by atoms with Crippen molar-refractivity contribution in [3.05, 3.63) is 126 Å². The van der Waals surface area contributed by atoms with Crippen molar-refractivity contribution in [3.8, 4) is 11.5 Å². The van der Waals surface area contributed by atoms with E-state index in [4.69, 9.17) is 23.9 Å². The van der Waals surface area contributed by atoms with Crippen LogP contribution in [0.3, 0.4) is 0 Å². The molecule has 10 heteroatoms. The maximum Gasteiger partial charge on any atom is 0.335 e. The van der Waals surface area contributed by atoms with Crippen molar-refractivity contribution in [1.29, 1.82) is 0 Å².